The molecule has 0 aliphatic heterocycles. The molecule has 0 spiro atoms. The number of rotatable bonds is 8. The highest BCUT2D eigenvalue weighted by Gasteiger charge is 2.20. The molecule has 0 bridgehead atoms. The molecule has 8 rings (SSSR count). The van der Waals surface area contributed by atoms with E-state index >= 15 is 0 Å². The molecule has 2 heterocycles. The monoisotopic (exact) mass is 780 g/mol. The number of hydrogen-bond acceptors (Lipinski definition) is 4. The molecular weight excluding hydrogens is 729 g/mol. The average Bonchev–Trinajstić information content (AvgIpc) is 3.81. The van der Waals surface area contributed by atoms with Crippen molar-refractivity contribution in [3.63, 3.8) is 0 Å². The van der Waals surface area contributed by atoms with E-state index in [0.29, 0.717) is 11.1 Å². The van der Waals surface area contributed by atoms with Crippen LogP contribution in [0.15, 0.2) is 115 Å². The summed E-state index contributed by atoms with van der Waals surface area (Å²) < 4.78 is 4.44. The van der Waals surface area contributed by atoms with Crippen LogP contribution >= 0.6 is 0 Å². The van der Waals surface area contributed by atoms with Crippen molar-refractivity contribution in [3.8, 4) is 45.0 Å². The molecule has 8 heteroatoms. The minimum absolute atomic E-state index is 0.101. The lowest BCUT2D eigenvalue weighted by Crippen LogP contribution is -2.17. The highest BCUT2D eigenvalue weighted by molar-refractivity contribution is 5.99. The van der Waals surface area contributed by atoms with Gasteiger partial charge in [0.05, 0.1) is 22.1 Å². The summed E-state index contributed by atoms with van der Waals surface area (Å²) in [7, 11) is 3.29. The highest BCUT2D eigenvalue weighted by Crippen LogP contribution is 2.39. The quantitative estimate of drug-likeness (QED) is 0.161. The minimum atomic E-state index is -0.101. The highest BCUT2D eigenvalue weighted by atomic mass is 16.2. The summed E-state index contributed by atoms with van der Waals surface area (Å²) in [6.45, 7) is 16.5. The smallest absolute Gasteiger partial charge is 0.251 e. The lowest BCUT2D eigenvalue weighted by Gasteiger charge is -2.16. The molecule has 0 aliphatic carbocycles. The summed E-state index contributed by atoms with van der Waals surface area (Å²) in [6.07, 6.45) is 0. The molecule has 0 radical (unpaired) electrons. The molecule has 8 nitrogen and oxygen atoms in total. The number of aromatic nitrogens is 4. The number of fused-ring (bicyclic) bond motifs is 2. The Labute approximate surface area is 347 Å². The number of carbonyl (C=O) groups is 2. The zero-order valence-corrected chi connectivity index (χ0v) is 35.5. The fraction of sp³-hybridized carbons (Fsp3) is 0.216. The van der Waals surface area contributed by atoms with Crippen molar-refractivity contribution in [1.82, 2.24) is 29.7 Å². The van der Waals surface area contributed by atoms with Gasteiger partial charge in [0.25, 0.3) is 11.8 Å². The van der Waals surface area contributed by atoms with Gasteiger partial charge in [0.2, 0.25) is 0 Å². The van der Waals surface area contributed by atoms with E-state index in [1.54, 1.807) is 14.1 Å². The van der Waals surface area contributed by atoms with Gasteiger partial charge in [-0.2, -0.15) is 0 Å². The van der Waals surface area contributed by atoms with E-state index in [1.165, 1.54) is 50.1 Å². The third-order valence-electron chi connectivity index (χ3n) is 11.1. The van der Waals surface area contributed by atoms with Gasteiger partial charge >= 0.3 is 0 Å². The molecule has 0 fully saturated rings. The average molecular weight is 781 g/mol. The van der Waals surface area contributed by atoms with Crippen LogP contribution in [0, 0.1) is 34.6 Å². The zero-order chi connectivity index (χ0) is 42.0. The van der Waals surface area contributed by atoms with Crippen LogP contribution in [-0.4, -0.2) is 45.0 Å². The molecule has 298 valence electrons. The summed E-state index contributed by atoms with van der Waals surface area (Å²) in [5.41, 5.74) is 18.2. The van der Waals surface area contributed by atoms with E-state index in [2.05, 4.69) is 147 Å². The Morgan fingerprint density at radius 3 is 1.46 bits per heavy atom. The summed E-state index contributed by atoms with van der Waals surface area (Å²) in [5.74, 6) is 1.66. The maximum atomic E-state index is 12.1. The van der Waals surface area contributed by atoms with Gasteiger partial charge < -0.3 is 19.8 Å². The Morgan fingerprint density at radius 2 is 0.983 bits per heavy atom. The van der Waals surface area contributed by atoms with Crippen LogP contribution in [0.25, 0.3) is 67.1 Å². The fourth-order valence-electron chi connectivity index (χ4n) is 8.15. The van der Waals surface area contributed by atoms with E-state index in [4.69, 9.17) is 9.97 Å². The van der Waals surface area contributed by atoms with Gasteiger partial charge in [0, 0.05) is 49.4 Å². The lowest BCUT2D eigenvalue weighted by atomic mass is 9.91. The number of imidazole rings is 2. The Kier molecular flexibility index (Phi) is 11.6. The molecule has 59 heavy (non-hydrogen) atoms. The number of amides is 2. The molecule has 0 unspecified atom stereocenters. The largest absolute Gasteiger partial charge is 0.355 e. The van der Waals surface area contributed by atoms with Gasteiger partial charge in [-0.25, -0.2) is 9.97 Å². The molecular formula is C51H52N6O2. The predicted molar refractivity (Wildman–Crippen MR) is 243 cm³/mol. The molecule has 2 aromatic heterocycles. The second-order valence-corrected chi connectivity index (χ2v) is 15.1. The molecule has 0 aliphatic rings. The third-order valence-corrected chi connectivity index (χ3v) is 11.1. The molecule has 2 amide bonds. The van der Waals surface area contributed by atoms with E-state index < -0.39 is 0 Å². The Bertz CT molecular complexity index is 2860. The van der Waals surface area contributed by atoms with Crippen LogP contribution in [0.1, 0.15) is 62.4 Å². The SMILES string of the molecule is CCn1c(-c2cccc(C)c2-c2ccc(C)cc2)nc2cc(C(=O)NC)ccc21.CCn1c(-c2cccc(C)c2-c2ccc(C)cc2C)nc2cc(C(=O)NC)ccc21. The molecule has 2 N–H and O–H groups in total. The van der Waals surface area contributed by atoms with Crippen molar-refractivity contribution in [2.24, 2.45) is 0 Å². The van der Waals surface area contributed by atoms with Gasteiger partial charge in [-0.05, 0) is 124 Å². The Balaban J connectivity index is 0.000000179. The molecule has 8 aromatic rings. The number of aryl methyl sites for hydroxylation is 7. The first-order chi connectivity index (χ1) is 28.5. The zero-order valence-electron chi connectivity index (χ0n) is 35.5. The predicted octanol–water partition coefficient (Wildman–Crippen LogP) is 11.0. The number of nitrogens with one attached hydrogen (secondary N) is 2. The van der Waals surface area contributed by atoms with E-state index in [9.17, 15) is 9.59 Å². The number of nitrogens with zero attached hydrogens (tertiary/aromatic N) is 4. The Morgan fingerprint density at radius 1 is 0.508 bits per heavy atom. The van der Waals surface area contributed by atoms with Gasteiger partial charge in [-0.3, -0.25) is 9.59 Å². The minimum Gasteiger partial charge on any atom is -0.355 e. The number of carbonyl (C=O) groups excluding carboxylic acids is 2. The van der Waals surface area contributed by atoms with Gasteiger partial charge in [-0.1, -0.05) is 90.0 Å². The van der Waals surface area contributed by atoms with Crippen molar-refractivity contribution in [1.29, 1.82) is 0 Å². The number of benzene rings is 6. The first kappa shape index (κ1) is 40.4. The van der Waals surface area contributed by atoms with Crippen LogP contribution in [-0.2, 0) is 13.1 Å². The summed E-state index contributed by atoms with van der Waals surface area (Å²) in [6, 6.07) is 39.4. The summed E-state index contributed by atoms with van der Waals surface area (Å²) in [5, 5.41) is 5.37. The van der Waals surface area contributed by atoms with Crippen LogP contribution in [0.4, 0.5) is 0 Å². The maximum absolute atomic E-state index is 12.1. The maximum Gasteiger partial charge on any atom is 0.251 e. The van der Waals surface area contributed by atoms with Crippen molar-refractivity contribution >= 4 is 33.9 Å². The van der Waals surface area contributed by atoms with Crippen molar-refractivity contribution < 1.29 is 9.59 Å². The van der Waals surface area contributed by atoms with E-state index in [1.807, 2.05) is 36.4 Å². The van der Waals surface area contributed by atoms with Crippen LogP contribution < -0.4 is 10.6 Å². The number of hydrogen-bond donors (Lipinski definition) is 2. The summed E-state index contributed by atoms with van der Waals surface area (Å²) in [4.78, 5) is 34.1. The molecule has 6 aromatic carbocycles. The summed E-state index contributed by atoms with van der Waals surface area (Å²) >= 11 is 0. The van der Waals surface area contributed by atoms with E-state index in [-0.39, 0.29) is 11.8 Å². The topological polar surface area (TPSA) is 93.8 Å². The normalized spacial score (nSPS) is 11.1. The van der Waals surface area contributed by atoms with Crippen molar-refractivity contribution in [2.45, 2.75) is 61.6 Å². The van der Waals surface area contributed by atoms with Crippen molar-refractivity contribution in [3.05, 3.63) is 154 Å². The van der Waals surface area contributed by atoms with Crippen LogP contribution in [0.3, 0.4) is 0 Å². The van der Waals surface area contributed by atoms with Crippen LogP contribution in [0.2, 0.25) is 0 Å². The van der Waals surface area contributed by atoms with Crippen LogP contribution in [0.5, 0.6) is 0 Å². The first-order valence-corrected chi connectivity index (χ1v) is 20.3. The lowest BCUT2D eigenvalue weighted by molar-refractivity contribution is 0.0955. The van der Waals surface area contributed by atoms with E-state index in [0.717, 1.165) is 57.9 Å². The second-order valence-electron chi connectivity index (χ2n) is 15.1. The second kappa shape index (κ2) is 17.0. The third kappa shape index (κ3) is 7.78. The first-order valence-electron chi connectivity index (χ1n) is 20.3. The molecule has 0 saturated heterocycles. The molecule has 0 atom stereocenters. The molecule has 0 saturated carbocycles. The standard InChI is InChI=1S/C26H27N3O.C25H25N3O/c1-6-29-23-13-11-19(26(30)27-5)15-22(23)28-25(29)21-9-7-8-17(3)24(21)20-12-10-16(2)14-18(20)4;1-5-28-22-14-13-19(25(29)26-4)15-21(22)27-24(28)20-8-6-7-17(3)23(20)18-11-9-16(2)10-12-18/h7-15H,6H2,1-5H3,(H,27,30);6-15H,5H2,1-4H3,(H,26,29). The van der Waals surface area contributed by atoms with Gasteiger partial charge in [0.1, 0.15) is 11.6 Å². The van der Waals surface area contributed by atoms with Crippen molar-refractivity contribution in [2.75, 3.05) is 14.1 Å². The van der Waals surface area contributed by atoms with Gasteiger partial charge in [-0.15, -0.1) is 0 Å². The fourth-order valence-corrected chi connectivity index (χ4v) is 8.15. The van der Waals surface area contributed by atoms with Gasteiger partial charge in [0.15, 0.2) is 0 Å². The Hall–Kier alpha value is -6.80.